The average Bonchev–Trinajstić information content (AvgIpc) is 3.40. The lowest BCUT2D eigenvalue weighted by Crippen LogP contribution is -2.47. The van der Waals surface area contributed by atoms with Crippen molar-refractivity contribution in [3.05, 3.63) is 64.8 Å². The number of carbonyl (C=O) groups excluding carboxylic acids is 1. The zero-order valence-corrected chi connectivity index (χ0v) is 22.5. The van der Waals surface area contributed by atoms with Gasteiger partial charge in [-0.3, -0.25) is 0 Å². The molecule has 0 bridgehead atoms. The number of piperazine rings is 1. The molecule has 5 rings (SSSR count). The number of aromatic nitrogens is 2. The Balaban J connectivity index is 0.00000148. The van der Waals surface area contributed by atoms with Gasteiger partial charge in [-0.25, -0.2) is 9.78 Å². The van der Waals surface area contributed by atoms with Crippen molar-refractivity contribution in [2.75, 3.05) is 53.7 Å². The highest BCUT2D eigenvalue weighted by atomic mass is 35.5. The first-order valence-corrected chi connectivity index (χ1v) is 13.8. The number of hydrogen-bond donors (Lipinski definition) is 1. The maximum absolute atomic E-state index is 11.9. The second kappa shape index (κ2) is 12.3. The van der Waals surface area contributed by atoms with Crippen molar-refractivity contribution in [3.63, 3.8) is 0 Å². The van der Waals surface area contributed by atoms with Crippen LogP contribution in [0.15, 0.2) is 53.4 Å². The van der Waals surface area contributed by atoms with Crippen LogP contribution in [0.1, 0.15) is 36.8 Å². The Bertz CT molecular complexity index is 1180. The van der Waals surface area contributed by atoms with Crippen LogP contribution in [0.3, 0.4) is 0 Å². The molecule has 0 aliphatic carbocycles. The number of ether oxygens (including phenoxy) is 1. The second-order valence-corrected chi connectivity index (χ2v) is 9.66. The maximum Gasteiger partial charge on any atom is 0.338 e. The molecular formula is C27H32ClN5O2S. The number of aryl methyl sites for hydroxylation is 1. The van der Waals surface area contributed by atoms with Crippen LogP contribution in [-0.4, -0.2) is 54.5 Å². The Morgan fingerprint density at radius 3 is 2.47 bits per heavy atom. The summed E-state index contributed by atoms with van der Waals surface area (Å²) in [6.45, 7) is 9.54. The minimum Gasteiger partial charge on any atom is -0.462 e. The number of hydrogen-bond acceptors (Lipinski definition) is 8. The number of halogens is 1. The summed E-state index contributed by atoms with van der Waals surface area (Å²) in [6.07, 6.45) is 0.951. The van der Waals surface area contributed by atoms with E-state index in [2.05, 4.69) is 15.1 Å². The molecule has 0 unspecified atom stereocenters. The van der Waals surface area contributed by atoms with Gasteiger partial charge < -0.3 is 19.9 Å². The molecule has 1 fully saturated rings. The summed E-state index contributed by atoms with van der Waals surface area (Å²) in [7, 11) is 0. The molecule has 3 heterocycles. The standard InChI is InChI=1S/C25H26ClN5O2S.C2H6/c1-2-33-24(32)17-6-8-20(9-7-17)30-11-13-31(14-12-30)25-28-21-10-15-34-22(21)23(29-25)27-19-5-3-4-18(26)16-19;1-2/h3-9,16H,2,10-15H2,1H3,(H,27,28,29);1-2H3. The van der Waals surface area contributed by atoms with Crippen molar-refractivity contribution >= 4 is 52.5 Å². The van der Waals surface area contributed by atoms with E-state index in [1.165, 1.54) is 0 Å². The van der Waals surface area contributed by atoms with E-state index in [0.29, 0.717) is 17.2 Å². The Morgan fingerprint density at radius 1 is 1.06 bits per heavy atom. The highest BCUT2D eigenvalue weighted by molar-refractivity contribution is 7.99. The van der Waals surface area contributed by atoms with Crippen LogP contribution < -0.4 is 15.1 Å². The monoisotopic (exact) mass is 525 g/mol. The predicted octanol–water partition coefficient (Wildman–Crippen LogP) is 6.05. The zero-order valence-electron chi connectivity index (χ0n) is 21.0. The van der Waals surface area contributed by atoms with E-state index in [1.807, 2.05) is 69.3 Å². The molecule has 7 nitrogen and oxygen atoms in total. The number of rotatable bonds is 6. The fourth-order valence-electron chi connectivity index (χ4n) is 4.17. The quantitative estimate of drug-likeness (QED) is 0.390. The van der Waals surface area contributed by atoms with Crippen LogP contribution in [0.25, 0.3) is 0 Å². The van der Waals surface area contributed by atoms with Gasteiger partial charge in [-0.05, 0) is 49.4 Å². The molecule has 1 saturated heterocycles. The zero-order chi connectivity index (χ0) is 25.5. The number of nitrogens with zero attached hydrogens (tertiary/aromatic N) is 4. The van der Waals surface area contributed by atoms with Crippen LogP contribution >= 0.6 is 23.4 Å². The SMILES string of the molecule is CC.CCOC(=O)c1ccc(N2CCN(c3nc4c(c(Nc5cccc(Cl)c5)n3)SCC4)CC2)cc1. The summed E-state index contributed by atoms with van der Waals surface area (Å²) in [5, 5.41) is 4.14. The Morgan fingerprint density at radius 2 is 1.78 bits per heavy atom. The van der Waals surface area contributed by atoms with Crippen molar-refractivity contribution in [3.8, 4) is 0 Å². The summed E-state index contributed by atoms with van der Waals surface area (Å²) in [5.41, 5.74) is 3.70. The van der Waals surface area contributed by atoms with Crippen molar-refractivity contribution in [2.45, 2.75) is 32.1 Å². The Labute approximate surface area is 222 Å². The lowest BCUT2D eigenvalue weighted by molar-refractivity contribution is 0.0526. The van der Waals surface area contributed by atoms with Crippen LogP contribution in [0.5, 0.6) is 0 Å². The van der Waals surface area contributed by atoms with Crippen molar-refractivity contribution in [1.29, 1.82) is 0 Å². The maximum atomic E-state index is 11.9. The molecule has 0 radical (unpaired) electrons. The van der Waals surface area contributed by atoms with E-state index in [0.717, 1.165) is 72.1 Å². The third-order valence-electron chi connectivity index (χ3n) is 5.90. The van der Waals surface area contributed by atoms with Crippen molar-refractivity contribution in [2.24, 2.45) is 0 Å². The van der Waals surface area contributed by atoms with Gasteiger partial charge in [0.05, 0.1) is 22.8 Å². The molecular weight excluding hydrogens is 494 g/mol. The molecule has 2 aliphatic rings. The summed E-state index contributed by atoms with van der Waals surface area (Å²) in [6, 6.07) is 15.3. The molecule has 1 aromatic heterocycles. The van der Waals surface area contributed by atoms with Gasteiger partial charge in [0.1, 0.15) is 5.82 Å². The van der Waals surface area contributed by atoms with Crippen molar-refractivity contribution in [1.82, 2.24) is 9.97 Å². The summed E-state index contributed by atoms with van der Waals surface area (Å²) >= 11 is 7.97. The topological polar surface area (TPSA) is 70.6 Å². The molecule has 9 heteroatoms. The van der Waals surface area contributed by atoms with Crippen molar-refractivity contribution < 1.29 is 9.53 Å². The number of benzene rings is 2. The van der Waals surface area contributed by atoms with E-state index in [4.69, 9.17) is 26.3 Å². The van der Waals surface area contributed by atoms with E-state index >= 15 is 0 Å². The van der Waals surface area contributed by atoms with Crippen LogP contribution in [-0.2, 0) is 11.2 Å². The van der Waals surface area contributed by atoms with Gasteiger partial charge >= 0.3 is 5.97 Å². The molecule has 190 valence electrons. The van der Waals surface area contributed by atoms with Gasteiger partial charge in [0.2, 0.25) is 5.95 Å². The largest absolute Gasteiger partial charge is 0.462 e. The van der Waals surface area contributed by atoms with Crippen LogP contribution in [0.4, 0.5) is 23.1 Å². The van der Waals surface area contributed by atoms with E-state index in [9.17, 15) is 4.79 Å². The van der Waals surface area contributed by atoms with E-state index in [1.54, 1.807) is 11.8 Å². The van der Waals surface area contributed by atoms with Gasteiger partial charge in [-0.1, -0.05) is 31.5 Å². The van der Waals surface area contributed by atoms with Crippen LogP contribution in [0.2, 0.25) is 5.02 Å². The van der Waals surface area contributed by atoms with Gasteiger partial charge in [0, 0.05) is 54.8 Å². The number of thioether (sulfide) groups is 1. The first-order valence-electron chi connectivity index (χ1n) is 12.4. The number of fused-ring (bicyclic) bond motifs is 1. The molecule has 36 heavy (non-hydrogen) atoms. The molecule has 0 spiro atoms. The molecule has 1 N–H and O–H groups in total. The summed E-state index contributed by atoms with van der Waals surface area (Å²) in [4.78, 5) is 27.4. The Kier molecular flexibility index (Phi) is 8.93. The Hall–Kier alpha value is -2.97. The average molecular weight is 526 g/mol. The van der Waals surface area contributed by atoms with Gasteiger partial charge in [-0.2, -0.15) is 4.98 Å². The minimum atomic E-state index is -0.284. The molecule has 0 saturated carbocycles. The molecule has 0 amide bonds. The fourth-order valence-corrected chi connectivity index (χ4v) is 5.41. The molecule has 2 aliphatic heterocycles. The van der Waals surface area contributed by atoms with E-state index < -0.39 is 0 Å². The molecule has 2 aromatic carbocycles. The number of esters is 1. The number of carbonyl (C=O) groups is 1. The smallest absolute Gasteiger partial charge is 0.338 e. The van der Waals surface area contributed by atoms with Gasteiger partial charge in [0.25, 0.3) is 0 Å². The van der Waals surface area contributed by atoms with Gasteiger partial charge in [-0.15, -0.1) is 11.8 Å². The number of anilines is 4. The summed E-state index contributed by atoms with van der Waals surface area (Å²) < 4.78 is 5.07. The fraction of sp³-hybridized carbons (Fsp3) is 0.370. The minimum absolute atomic E-state index is 0.284. The highest BCUT2D eigenvalue weighted by Crippen LogP contribution is 2.38. The second-order valence-electron chi connectivity index (χ2n) is 8.12. The number of nitrogens with one attached hydrogen (secondary N) is 1. The van der Waals surface area contributed by atoms with Gasteiger partial charge in [0.15, 0.2) is 0 Å². The third kappa shape index (κ3) is 6.05. The lowest BCUT2D eigenvalue weighted by atomic mass is 10.2. The predicted molar refractivity (Wildman–Crippen MR) is 149 cm³/mol. The normalized spacial score (nSPS) is 14.6. The third-order valence-corrected chi connectivity index (χ3v) is 7.26. The summed E-state index contributed by atoms with van der Waals surface area (Å²) in [5.74, 6) is 2.35. The highest BCUT2D eigenvalue weighted by Gasteiger charge is 2.25. The van der Waals surface area contributed by atoms with E-state index in [-0.39, 0.29) is 5.97 Å². The van der Waals surface area contributed by atoms with Crippen LogP contribution in [0, 0.1) is 0 Å². The molecule has 3 aromatic rings. The first kappa shape index (κ1) is 26.1. The first-order chi connectivity index (χ1) is 17.6. The molecule has 0 atom stereocenters. The lowest BCUT2D eigenvalue weighted by Gasteiger charge is -2.36.